The van der Waals surface area contributed by atoms with Gasteiger partial charge in [-0.3, -0.25) is 4.57 Å². The van der Waals surface area contributed by atoms with Crippen LogP contribution in [0.5, 0.6) is 0 Å². The quantitative estimate of drug-likeness (QED) is 0.273. The van der Waals surface area contributed by atoms with Crippen LogP contribution < -0.4 is 0 Å². The van der Waals surface area contributed by atoms with Gasteiger partial charge < -0.3 is 0 Å². The van der Waals surface area contributed by atoms with Crippen molar-refractivity contribution in [3.8, 4) is 40.0 Å². The first-order chi connectivity index (χ1) is 17.6. The Balaban J connectivity index is 1.59. The Labute approximate surface area is 210 Å². The molecule has 0 N–H and O–H groups in total. The molecular weight excluding hydrogens is 440 g/mol. The molecule has 0 amide bonds. The minimum atomic E-state index is -0.131. The number of rotatable bonds is 3. The molecule has 1 aliphatic rings. The minimum absolute atomic E-state index is 0.131. The normalized spacial score (nSPS) is 13.5. The summed E-state index contributed by atoms with van der Waals surface area (Å²) in [5, 5.41) is 1.23. The number of nitrogens with zero attached hydrogens (tertiary/aromatic N) is 4. The van der Waals surface area contributed by atoms with Crippen LogP contribution in [0.4, 0.5) is 0 Å². The van der Waals surface area contributed by atoms with E-state index < -0.39 is 0 Å². The number of aromatic nitrogens is 4. The summed E-state index contributed by atoms with van der Waals surface area (Å²) >= 11 is 0. The van der Waals surface area contributed by atoms with Crippen molar-refractivity contribution in [2.45, 2.75) is 19.3 Å². The molecule has 0 fully saturated rings. The fourth-order valence-electron chi connectivity index (χ4n) is 5.60. The van der Waals surface area contributed by atoms with Crippen molar-refractivity contribution in [2.75, 3.05) is 0 Å². The number of hydrogen-bond donors (Lipinski definition) is 0. The fraction of sp³-hybridized carbons (Fsp3) is 0.0938. The van der Waals surface area contributed by atoms with Gasteiger partial charge in [0.25, 0.3) is 0 Å². The van der Waals surface area contributed by atoms with E-state index >= 15 is 0 Å². The standard InChI is InChI=1S/C32H24N4/c1-32(2)25-19-11-9-17-23(25)28-27(32)24-18-10-12-20-26(24)36(28)31-34-29(21-13-5-3-6-14-21)33-30(35-31)22-15-7-4-8-16-22/h3-20H,1-2H3. The smallest absolute Gasteiger partial charge is 0.238 e. The van der Waals surface area contributed by atoms with E-state index in [1.54, 1.807) is 0 Å². The Morgan fingerprint density at radius 2 is 1.14 bits per heavy atom. The van der Waals surface area contributed by atoms with Gasteiger partial charge in [0.15, 0.2) is 11.6 Å². The van der Waals surface area contributed by atoms with Crippen molar-refractivity contribution in [2.24, 2.45) is 0 Å². The maximum Gasteiger partial charge on any atom is 0.238 e. The van der Waals surface area contributed by atoms with E-state index in [0.29, 0.717) is 17.6 Å². The molecule has 0 radical (unpaired) electrons. The fourth-order valence-corrected chi connectivity index (χ4v) is 5.60. The zero-order valence-corrected chi connectivity index (χ0v) is 20.2. The van der Waals surface area contributed by atoms with Gasteiger partial charge in [0.2, 0.25) is 5.95 Å². The Bertz CT molecular complexity index is 1690. The molecule has 1 aliphatic carbocycles. The summed E-state index contributed by atoms with van der Waals surface area (Å²) in [4.78, 5) is 15.0. The topological polar surface area (TPSA) is 43.6 Å². The third-order valence-electron chi connectivity index (χ3n) is 7.24. The first-order valence-corrected chi connectivity index (χ1v) is 12.2. The number of para-hydroxylation sites is 1. The van der Waals surface area contributed by atoms with Crippen molar-refractivity contribution in [3.05, 3.63) is 120 Å². The summed E-state index contributed by atoms with van der Waals surface area (Å²) in [7, 11) is 0. The van der Waals surface area contributed by atoms with Gasteiger partial charge in [0, 0.05) is 27.5 Å². The van der Waals surface area contributed by atoms with Crippen LogP contribution in [0, 0.1) is 0 Å². The monoisotopic (exact) mass is 464 g/mol. The highest BCUT2D eigenvalue weighted by Gasteiger charge is 2.40. The zero-order valence-electron chi connectivity index (χ0n) is 20.2. The van der Waals surface area contributed by atoms with Crippen LogP contribution in [0.1, 0.15) is 25.0 Å². The van der Waals surface area contributed by atoms with Gasteiger partial charge in [-0.05, 0) is 17.2 Å². The molecule has 2 heterocycles. The minimum Gasteiger partial charge on any atom is -0.277 e. The van der Waals surface area contributed by atoms with Crippen molar-refractivity contribution in [1.29, 1.82) is 0 Å². The second-order valence-corrected chi connectivity index (χ2v) is 9.76. The van der Waals surface area contributed by atoms with Crippen LogP contribution in [0.3, 0.4) is 0 Å². The van der Waals surface area contributed by atoms with Gasteiger partial charge in [-0.1, -0.05) is 117 Å². The van der Waals surface area contributed by atoms with E-state index in [1.807, 2.05) is 60.7 Å². The summed E-state index contributed by atoms with van der Waals surface area (Å²) in [6, 6.07) is 37.6. The predicted molar refractivity (Wildman–Crippen MR) is 145 cm³/mol. The highest BCUT2D eigenvalue weighted by atomic mass is 15.2. The van der Waals surface area contributed by atoms with Crippen molar-refractivity contribution in [1.82, 2.24) is 19.5 Å². The van der Waals surface area contributed by atoms with Gasteiger partial charge in [0.1, 0.15) is 0 Å². The molecule has 4 nitrogen and oxygen atoms in total. The largest absolute Gasteiger partial charge is 0.277 e. The van der Waals surface area contributed by atoms with Crippen LogP contribution in [-0.4, -0.2) is 19.5 Å². The molecule has 2 aromatic heterocycles. The lowest BCUT2D eigenvalue weighted by atomic mass is 9.81. The van der Waals surface area contributed by atoms with Crippen LogP contribution in [0.25, 0.3) is 50.9 Å². The maximum absolute atomic E-state index is 5.06. The molecule has 0 unspecified atom stereocenters. The summed E-state index contributed by atoms with van der Waals surface area (Å²) < 4.78 is 2.23. The second kappa shape index (κ2) is 7.72. The lowest BCUT2D eigenvalue weighted by molar-refractivity contribution is 0.666. The van der Waals surface area contributed by atoms with Gasteiger partial charge >= 0.3 is 0 Å². The molecule has 4 heteroatoms. The van der Waals surface area contributed by atoms with Crippen LogP contribution in [0.15, 0.2) is 109 Å². The SMILES string of the molecule is CC1(C)c2ccccc2-c2c1c1ccccc1n2-c1nc(-c2ccccc2)nc(-c2ccccc2)n1. The summed E-state index contributed by atoms with van der Waals surface area (Å²) in [6.45, 7) is 4.62. The average molecular weight is 465 g/mol. The molecule has 172 valence electrons. The zero-order chi connectivity index (χ0) is 24.3. The summed E-state index contributed by atoms with van der Waals surface area (Å²) in [5.41, 5.74) is 7.96. The van der Waals surface area contributed by atoms with Gasteiger partial charge in [-0.25, -0.2) is 4.98 Å². The molecule has 0 bridgehead atoms. The van der Waals surface area contributed by atoms with Crippen molar-refractivity contribution >= 4 is 10.9 Å². The molecule has 0 spiro atoms. The van der Waals surface area contributed by atoms with Gasteiger partial charge in [-0.2, -0.15) is 9.97 Å². The second-order valence-electron chi connectivity index (χ2n) is 9.76. The Hall–Kier alpha value is -4.57. The lowest BCUT2D eigenvalue weighted by Gasteiger charge is -2.21. The third-order valence-corrected chi connectivity index (χ3v) is 7.24. The van der Waals surface area contributed by atoms with Gasteiger partial charge in [0.05, 0.1) is 11.2 Å². The van der Waals surface area contributed by atoms with E-state index in [9.17, 15) is 0 Å². The molecule has 7 rings (SSSR count). The Morgan fingerprint density at radius 1 is 0.583 bits per heavy atom. The maximum atomic E-state index is 5.06. The van der Waals surface area contributed by atoms with E-state index in [2.05, 4.69) is 66.9 Å². The molecule has 0 aliphatic heterocycles. The lowest BCUT2D eigenvalue weighted by Crippen LogP contribution is -2.14. The van der Waals surface area contributed by atoms with E-state index in [4.69, 9.17) is 15.0 Å². The highest BCUT2D eigenvalue weighted by Crippen LogP contribution is 2.53. The van der Waals surface area contributed by atoms with E-state index in [1.165, 1.54) is 27.8 Å². The van der Waals surface area contributed by atoms with E-state index in [-0.39, 0.29) is 5.41 Å². The van der Waals surface area contributed by atoms with Crippen LogP contribution in [-0.2, 0) is 5.41 Å². The van der Waals surface area contributed by atoms with Crippen LogP contribution >= 0.6 is 0 Å². The Kier molecular flexibility index (Phi) is 4.45. The van der Waals surface area contributed by atoms with E-state index in [0.717, 1.165) is 16.6 Å². The molecule has 6 aromatic rings. The molecule has 0 saturated carbocycles. The number of hydrogen-bond acceptors (Lipinski definition) is 3. The molecule has 4 aromatic carbocycles. The first kappa shape index (κ1) is 20.8. The van der Waals surface area contributed by atoms with Crippen molar-refractivity contribution in [3.63, 3.8) is 0 Å². The first-order valence-electron chi connectivity index (χ1n) is 12.2. The highest BCUT2D eigenvalue weighted by molar-refractivity contribution is 5.99. The van der Waals surface area contributed by atoms with Crippen molar-refractivity contribution < 1.29 is 0 Å². The molecular formula is C32H24N4. The molecule has 0 atom stereocenters. The summed E-state index contributed by atoms with van der Waals surface area (Å²) in [6.07, 6.45) is 0. The Morgan fingerprint density at radius 3 is 1.81 bits per heavy atom. The average Bonchev–Trinajstić information content (AvgIpc) is 3.40. The van der Waals surface area contributed by atoms with Crippen LogP contribution in [0.2, 0.25) is 0 Å². The molecule has 0 saturated heterocycles. The van der Waals surface area contributed by atoms with Gasteiger partial charge in [-0.15, -0.1) is 0 Å². The number of fused-ring (bicyclic) bond motifs is 5. The molecule has 36 heavy (non-hydrogen) atoms. The third kappa shape index (κ3) is 2.97. The predicted octanol–water partition coefficient (Wildman–Crippen LogP) is 7.46. The number of benzene rings is 4. The summed E-state index contributed by atoms with van der Waals surface area (Å²) in [5.74, 6) is 1.96.